The monoisotopic (exact) mass is 333 g/mol. The largest absolute Gasteiger partial charge is 0.477 e. The van der Waals surface area contributed by atoms with Gasteiger partial charge >= 0.3 is 5.97 Å². The summed E-state index contributed by atoms with van der Waals surface area (Å²) in [4.78, 5) is 25.6. The van der Waals surface area contributed by atoms with Crippen molar-refractivity contribution in [2.24, 2.45) is 0 Å². The summed E-state index contributed by atoms with van der Waals surface area (Å²) in [6, 6.07) is 5.99. The number of rotatable bonds is 3. The Hall–Kier alpha value is -3.09. The zero-order valence-corrected chi connectivity index (χ0v) is 12.1. The number of hydrogen-bond acceptors (Lipinski definition) is 2. The zero-order chi connectivity index (χ0) is 17.4. The fourth-order valence-electron chi connectivity index (χ4n) is 2.51. The van der Waals surface area contributed by atoms with Crippen molar-refractivity contribution < 1.29 is 23.1 Å². The number of aromatic nitrogens is 1. The Morgan fingerprint density at radius 1 is 1.12 bits per heavy atom. The van der Waals surface area contributed by atoms with Gasteiger partial charge in [-0.25, -0.2) is 18.0 Å². The van der Waals surface area contributed by atoms with Crippen molar-refractivity contribution in [1.29, 1.82) is 0 Å². The van der Waals surface area contributed by atoms with E-state index in [0.29, 0.717) is 0 Å². The molecule has 0 aliphatic heterocycles. The van der Waals surface area contributed by atoms with Crippen molar-refractivity contribution in [3.63, 3.8) is 0 Å². The Bertz CT molecular complexity index is 1030. The molecule has 0 aliphatic rings. The normalized spacial score (nSPS) is 11.0. The lowest BCUT2D eigenvalue weighted by Crippen LogP contribution is -2.16. The maximum atomic E-state index is 14.2. The first-order valence-electron chi connectivity index (χ1n) is 6.88. The lowest BCUT2D eigenvalue weighted by molar-refractivity contribution is 0.0695. The number of halogens is 3. The van der Waals surface area contributed by atoms with E-state index in [0.717, 1.165) is 18.3 Å². The van der Waals surface area contributed by atoms with Crippen LogP contribution in [0.5, 0.6) is 0 Å². The van der Waals surface area contributed by atoms with E-state index >= 15 is 0 Å². The topological polar surface area (TPSA) is 70.2 Å². The number of carboxylic acid groups (broad SMARTS) is 1. The van der Waals surface area contributed by atoms with Crippen molar-refractivity contribution in [2.45, 2.75) is 6.42 Å². The average molecular weight is 333 g/mol. The van der Waals surface area contributed by atoms with Gasteiger partial charge in [0.25, 0.3) is 0 Å². The number of aromatic carboxylic acids is 1. The predicted octanol–water partition coefficient (Wildman–Crippen LogP) is 3.23. The molecular weight excluding hydrogens is 323 g/mol. The van der Waals surface area contributed by atoms with Crippen molar-refractivity contribution in [3.8, 4) is 0 Å². The molecule has 3 rings (SSSR count). The highest BCUT2D eigenvalue weighted by molar-refractivity contribution is 5.92. The van der Waals surface area contributed by atoms with Crippen molar-refractivity contribution in [1.82, 2.24) is 4.98 Å². The molecule has 0 radical (unpaired) electrons. The molecule has 0 saturated carbocycles. The molecule has 7 heteroatoms. The third-order valence-corrected chi connectivity index (χ3v) is 3.66. The summed E-state index contributed by atoms with van der Waals surface area (Å²) in [5.41, 5.74) is -1.31. The molecule has 1 aromatic heterocycles. The van der Waals surface area contributed by atoms with Crippen LogP contribution in [0, 0.1) is 17.5 Å². The van der Waals surface area contributed by atoms with Gasteiger partial charge in [0.1, 0.15) is 11.4 Å². The Morgan fingerprint density at radius 3 is 2.58 bits per heavy atom. The standard InChI is InChI=1S/C17H10F3NO3/c18-12-3-1-2-9(14(12)20)4-8-5-10-15(13(19)6-8)21-7-11(16(10)22)17(23)24/h1-3,5-7H,4H2,(H,21,22)(H,23,24). The van der Waals surface area contributed by atoms with Gasteiger partial charge < -0.3 is 10.1 Å². The highest BCUT2D eigenvalue weighted by atomic mass is 19.2. The van der Waals surface area contributed by atoms with Gasteiger partial charge in [-0.15, -0.1) is 0 Å². The number of benzene rings is 2. The van der Waals surface area contributed by atoms with E-state index in [9.17, 15) is 22.8 Å². The second-order valence-electron chi connectivity index (χ2n) is 5.23. The predicted molar refractivity (Wildman–Crippen MR) is 80.7 cm³/mol. The first-order valence-corrected chi connectivity index (χ1v) is 6.88. The average Bonchev–Trinajstić information content (AvgIpc) is 2.52. The Balaban J connectivity index is 2.16. The van der Waals surface area contributed by atoms with Crippen LogP contribution in [0.25, 0.3) is 10.9 Å². The minimum Gasteiger partial charge on any atom is -0.477 e. The van der Waals surface area contributed by atoms with Gasteiger partial charge in [-0.2, -0.15) is 0 Å². The number of pyridine rings is 1. The van der Waals surface area contributed by atoms with E-state index in [1.807, 2.05) is 0 Å². The summed E-state index contributed by atoms with van der Waals surface area (Å²) < 4.78 is 41.1. The van der Waals surface area contributed by atoms with Crippen LogP contribution in [0.15, 0.2) is 41.3 Å². The number of fused-ring (bicyclic) bond motifs is 1. The van der Waals surface area contributed by atoms with Gasteiger partial charge in [0.05, 0.1) is 5.52 Å². The zero-order valence-electron chi connectivity index (χ0n) is 12.1. The van der Waals surface area contributed by atoms with E-state index < -0.39 is 34.4 Å². The van der Waals surface area contributed by atoms with Crippen LogP contribution >= 0.6 is 0 Å². The first-order chi connectivity index (χ1) is 11.4. The van der Waals surface area contributed by atoms with Crippen LogP contribution in [0.3, 0.4) is 0 Å². The van der Waals surface area contributed by atoms with E-state index in [1.165, 1.54) is 18.2 Å². The second kappa shape index (κ2) is 5.84. The SMILES string of the molecule is O=C(O)c1c[nH]c2c(F)cc(Cc3cccc(F)c3F)cc2c1=O. The summed E-state index contributed by atoms with van der Waals surface area (Å²) in [5.74, 6) is -4.31. The smallest absolute Gasteiger partial charge is 0.341 e. The lowest BCUT2D eigenvalue weighted by atomic mass is 10.0. The molecule has 2 N–H and O–H groups in total. The lowest BCUT2D eigenvalue weighted by Gasteiger charge is -2.07. The molecule has 2 aromatic carbocycles. The molecule has 0 unspecified atom stereocenters. The van der Waals surface area contributed by atoms with E-state index in [1.54, 1.807) is 0 Å². The van der Waals surface area contributed by atoms with Crippen molar-refractivity contribution in [2.75, 3.05) is 0 Å². The van der Waals surface area contributed by atoms with Crippen LogP contribution < -0.4 is 5.43 Å². The van der Waals surface area contributed by atoms with Gasteiger partial charge in [-0.05, 0) is 29.3 Å². The molecule has 3 aromatic rings. The quantitative estimate of drug-likeness (QED) is 0.773. The minimum atomic E-state index is -1.44. The molecule has 0 amide bonds. The summed E-state index contributed by atoms with van der Waals surface area (Å²) >= 11 is 0. The molecule has 1 heterocycles. The highest BCUT2D eigenvalue weighted by Gasteiger charge is 2.16. The molecule has 4 nitrogen and oxygen atoms in total. The Kier molecular flexibility index (Phi) is 3.84. The molecular formula is C17H10F3NO3. The molecule has 0 bridgehead atoms. The Morgan fingerprint density at radius 2 is 1.88 bits per heavy atom. The number of aromatic amines is 1. The minimum absolute atomic E-state index is 0.000400. The van der Waals surface area contributed by atoms with Gasteiger partial charge in [-0.3, -0.25) is 4.79 Å². The molecule has 0 saturated heterocycles. The Labute approximate surface area is 133 Å². The van der Waals surface area contributed by atoms with Crippen LogP contribution in [0.2, 0.25) is 0 Å². The van der Waals surface area contributed by atoms with Gasteiger partial charge in [0.15, 0.2) is 11.6 Å². The molecule has 0 aliphatic carbocycles. The molecule has 0 spiro atoms. The van der Waals surface area contributed by atoms with E-state index in [-0.39, 0.29) is 28.5 Å². The fraction of sp³-hybridized carbons (Fsp3) is 0.0588. The van der Waals surface area contributed by atoms with Crippen LogP contribution in [0.4, 0.5) is 13.2 Å². The van der Waals surface area contributed by atoms with Crippen LogP contribution in [0.1, 0.15) is 21.5 Å². The van der Waals surface area contributed by atoms with Crippen LogP contribution in [-0.4, -0.2) is 16.1 Å². The van der Waals surface area contributed by atoms with Crippen molar-refractivity contribution >= 4 is 16.9 Å². The van der Waals surface area contributed by atoms with Crippen LogP contribution in [-0.2, 0) is 6.42 Å². The summed E-state index contributed by atoms with van der Waals surface area (Å²) in [6.07, 6.45) is 0.773. The third kappa shape index (κ3) is 2.64. The number of hydrogen-bond donors (Lipinski definition) is 2. The summed E-state index contributed by atoms with van der Waals surface area (Å²) in [5, 5.41) is 8.80. The molecule has 0 atom stereocenters. The van der Waals surface area contributed by atoms with Gasteiger partial charge in [-0.1, -0.05) is 12.1 Å². The number of H-pyrrole nitrogens is 1. The number of carbonyl (C=O) groups is 1. The maximum Gasteiger partial charge on any atom is 0.341 e. The molecule has 0 fully saturated rings. The summed E-state index contributed by atoms with van der Waals surface area (Å²) in [7, 11) is 0. The molecule has 24 heavy (non-hydrogen) atoms. The van der Waals surface area contributed by atoms with Gasteiger partial charge in [0.2, 0.25) is 5.43 Å². The van der Waals surface area contributed by atoms with Gasteiger partial charge in [0, 0.05) is 18.0 Å². The first kappa shape index (κ1) is 15.8. The highest BCUT2D eigenvalue weighted by Crippen LogP contribution is 2.20. The van der Waals surface area contributed by atoms with E-state index in [4.69, 9.17) is 5.11 Å². The molecule has 122 valence electrons. The number of nitrogens with one attached hydrogen (secondary N) is 1. The second-order valence-corrected chi connectivity index (χ2v) is 5.23. The number of carboxylic acids is 1. The summed E-state index contributed by atoms with van der Waals surface area (Å²) in [6.45, 7) is 0. The fourth-order valence-corrected chi connectivity index (χ4v) is 2.51. The van der Waals surface area contributed by atoms with E-state index in [2.05, 4.69) is 4.98 Å². The maximum absolute atomic E-state index is 14.2. The third-order valence-electron chi connectivity index (χ3n) is 3.66. The van der Waals surface area contributed by atoms with Crippen molar-refractivity contribution in [3.05, 3.63) is 80.9 Å².